The summed E-state index contributed by atoms with van der Waals surface area (Å²) >= 11 is 0. The van der Waals surface area contributed by atoms with E-state index in [4.69, 9.17) is 10.5 Å². The van der Waals surface area contributed by atoms with Crippen LogP contribution >= 0.6 is 0 Å². The van der Waals surface area contributed by atoms with Crippen LogP contribution in [0.4, 0.5) is 22.0 Å². The SMILES string of the molecule is N[C@H]1C[C@@H](N2Cc3cnn(C[C@@H](O)C(F)(F)F)c3C2)CO[C@@H]1C1CC(F)=CC=C1F. The molecule has 0 amide bonds. The fourth-order valence-corrected chi connectivity index (χ4v) is 4.39. The lowest BCUT2D eigenvalue weighted by atomic mass is 9.85. The number of fused-ring (bicyclic) bond motifs is 1. The second kappa shape index (κ2) is 8.03. The van der Waals surface area contributed by atoms with Gasteiger partial charge in [-0.05, 0) is 18.6 Å². The van der Waals surface area contributed by atoms with E-state index < -0.39 is 48.5 Å². The van der Waals surface area contributed by atoms with Crippen molar-refractivity contribution in [2.45, 2.75) is 62.9 Å². The number of aromatic nitrogens is 2. The molecule has 2 aliphatic heterocycles. The van der Waals surface area contributed by atoms with Crippen LogP contribution in [0.3, 0.4) is 0 Å². The first-order chi connectivity index (χ1) is 14.1. The van der Waals surface area contributed by atoms with Crippen LogP contribution in [0, 0.1) is 5.92 Å². The lowest BCUT2D eigenvalue weighted by Crippen LogP contribution is -2.53. The Morgan fingerprint density at radius 1 is 1.27 bits per heavy atom. The Morgan fingerprint density at radius 3 is 2.73 bits per heavy atom. The van der Waals surface area contributed by atoms with E-state index in [1.807, 2.05) is 4.90 Å². The van der Waals surface area contributed by atoms with Gasteiger partial charge in [-0.15, -0.1) is 0 Å². The summed E-state index contributed by atoms with van der Waals surface area (Å²) in [5, 5.41) is 13.3. The molecule has 0 bridgehead atoms. The number of rotatable bonds is 4. The largest absolute Gasteiger partial charge is 0.416 e. The van der Waals surface area contributed by atoms with E-state index in [-0.39, 0.29) is 19.1 Å². The van der Waals surface area contributed by atoms with Crippen LogP contribution in [0.25, 0.3) is 0 Å². The number of nitrogens with two attached hydrogens (primary N) is 1. The minimum absolute atomic E-state index is 0.0854. The average Bonchev–Trinajstić information content (AvgIpc) is 3.25. The number of nitrogens with zero attached hydrogens (tertiary/aromatic N) is 3. The molecule has 11 heteroatoms. The number of allylic oxidation sites excluding steroid dienone is 3. The molecule has 30 heavy (non-hydrogen) atoms. The van der Waals surface area contributed by atoms with Gasteiger partial charge < -0.3 is 15.6 Å². The van der Waals surface area contributed by atoms with Crippen molar-refractivity contribution in [2.24, 2.45) is 11.7 Å². The molecule has 4 rings (SSSR count). The van der Waals surface area contributed by atoms with Gasteiger partial charge in [-0.25, -0.2) is 8.78 Å². The highest BCUT2D eigenvalue weighted by Crippen LogP contribution is 2.36. The first-order valence-corrected chi connectivity index (χ1v) is 9.74. The van der Waals surface area contributed by atoms with E-state index in [2.05, 4.69) is 5.10 Å². The molecule has 1 aromatic rings. The van der Waals surface area contributed by atoms with Gasteiger partial charge in [0.15, 0.2) is 6.10 Å². The first-order valence-electron chi connectivity index (χ1n) is 9.74. The molecule has 3 heterocycles. The van der Waals surface area contributed by atoms with Crippen LogP contribution in [0.15, 0.2) is 30.0 Å². The van der Waals surface area contributed by atoms with Crippen LogP contribution in [0.1, 0.15) is 24.1 Å². The molecule has 166 valence electrons. The smallest absolute Gasteiger partial charge is 0.382 e. The van der Waals surface area contributed by atoms with Crippen LogP contribution in [0.5, 0.6) is 0 Å². The van der Waals surface area contributed by atoms with Gasteiger partial charge in [0.1, 0.15) is 11.7 Å². The third-order valence-corrected chi connectivity index (χ3v) is 6.04. The lowest BCUT2D eigenvalue weighted by Gasteiger charge is -2.41. The molecule has 1 unspecified atom stereocenters. The summed E-state index contributed by atoms with van der Waals surface area (Å²) in [6, 6.07) is -0.619. The molecule has 0 spiro atoms. The number of halogens is 5. The minimum Gasteiger partial charge on any atom is -0.382 e. The fraction of sp³-hybridized carbons (Fsp3) is 0.632. The van der Waals surface area contributed by atoms with Crippen molar-refractivity contribution in [1.29, 1.82) is 0 Å². The zero-order chi connectivity index (χ0) is 21.6. The van der Waals surface area contributed by atoms with Gasteiger partial charge in [-0.3, -0.25) is 9.58 Å². The van der Waals surface area contributed by atoms with Crippen LogP contribution < -0.4 is 5.73 Å². The van der Waals surface area contributed by atoms with E-state index in [0.29, 0.717) is 25.2 Å². The highest BCUT2D eigenvalue weighted by Gasteiger charge is 2.42. The summed E-state index contributed by atoms with van der Waals surface area (Å²) in [6.45, 7) is 0.413. The predicted molar refractivity (Wildman–Crippen MR) is 96.1 cm³/mol. The standard InChI is InChI=1S/C19H23F5N4O2/c20-11-1-2-14(21)13(3-11)18-15(25)4-12(9-30-18)27-6-10-5-26-28(16(10)7-27)8-17(29)19(22,23)24/h1-2,5,12-13,15,17-18,29H,3-4,6-9,25H2/t12-,13?,15+,17-,18-/m1/s1. The van der Waals surface area contributed by atoms with Gasteiger partial charge in [-0.2, -0.15) is 18.3 Å². The maximum absolute atomic E-state index is 14.1. The maximum atomic E-state index is 14.1. The Balaban J connectivity index is 1.38. The average molecular weight is 434 g/mol. The van der Waals surface area contributed by atoms with Gasteiger partial charge in [0.2, 0.25) is 0 Å². The summed E-state index contributed by atoms with van der Waals surface area (Å²) in [5.74, 6) is -1.62. The topological polar surface area (TPSA) is 76.5 Å². The molecule has 1 aliphatic carbocycles. The van der Waals surface area contributed by atoms with Crippen molar-refractivity contribution < 1.29 is 31.8 Å². The number of aliphatic hydroxyl groups is 1. The van der Waals surface area contributed by atoms with E-state index in [9.17, 15) is 27.1 Å². The number of hydrogen-bond acceptors (Lipinski definition) is 5. The molecule has 0 aromatic carbocycles. The minimum atomic E-state index is -4.71. The first kappa shape index (κ1) is 21.4. The van der Waals surface area contributed by atoms with Crippen LogP contribution in [-0.4, -0.2) is 56.9 Å². The van der Waals surface area contributed by atoms with Crippen LogP contribution in [-0.2, 0) is 24.4 Å². The van der Waals surface area contributed by atoms with Gasteiger partial charge in [0.25, 0.3) is 0 Å². The van der Waals surface area contributed by atoms with E-state index in [1.54, 1.807) is 0 Å². The van der Waals surface area contributed by atoms with Gasteiger partial charge in [0, 0.05) is 43.1 Å². The third kappa shape index (κ3) is 4.16. The summed E-state index contributed by atoms with van der Waals surface area (Å²) in [7, 11) is 0. The second-order valence-electron chi connectivity index (χ2n) is 8.09. The Morgan fingerprint density at radius 2 is 2.03 bits per heavy atom. The highest BCUT2D eigenvalue weighted by atomic mass is 19.4. The quantitative estimate of drug-likeness (QED) is 0.712. The normalized spacial score (nSPS) is 31.3. The van der Waals surface area contributed by atoms with Crippen LogP contribution in [0.2, 0.25) is 0 Å². The summed E-state index contributed by atoms with van der Waals surface area (Å²) in [5.41, 5.74) is 7.64. The number of aliphatic hydroxyl groups excluding tert-OH is 1. The molecule has 6 nitrogen and oxygen atoms in total. The van der Waals surface area contributed by atoms with E-state index >= 15 is 0 Å². The molecule has 0 saturated carbocycles. The number of alkyl halides is 3. The fourth-order valence-electron chi connectivity index (χ4n) is 4.39. The van der Waals surface area contributed by atoms with E-state index in [0.717, 1.165) is 17.7 Å². The van der Waals surface area contributed by atoms with Gasteiger partial charge >= 0.3 is 6.18 Å². The van der Waals surface area contributed by atoms with Crippen molar-refractivity contribution in [3.63, 3.8) is 0 Å². The Bertz CT molecular complexity index is 852. The van der Waals surface area contributed by atoms with Gasteiger partial charge in [0.05, 0.1) is 31.1 Å². The molecule has 3 aliphatic rings. The molecular formula is C19H23F5N4O2. The Kier molecular flexibility index (Phi) is 5.73. The molecule has 0 radical (unpaired) electrons. The van der Waals surface area contributed by atoms with Crippen molar-refractivity contribution in [3.8, 4) is 0 Å². The third-order valence-electron chi connectivity index (χ3n) is 6.04. The van der Waals surface area contributed by atoms with E-state index in [1.165, 1.54) is 10.9 Å². The van der Waals surface area contributed by atoms with Crippen molar-refractivity contribution >= 4 is 0 Å². The summed E-state index contributed by atoms with van der Waals surface area (Å²) in [4.78, 5) is 2.02. The highest BCUT2D eigenvalue weighted by molar-refractivity contribution is 5.24. The molecule has 3 N–H and O–H groups in total. The molecule has 1 aromatic heterocycles. The Hall–Kier alpha value is -1.82. The zero-order valence-electron chi connectivity index (χ0n) is 16.0. The molecule has 1 saturated heterocycles. The predicted octanol–water partition coefficient (Wildman–Crippen LogP) is 2.33. The van der Waals surface area contributed by atoms with Crippen molar-refractivity contribution in [1.82, 2.24) is 14.7 Å². The monoisotopic (exact) mass is 434 g/mol. The lowest BCUT2D eigenvalue weighted by molar-refractivity contribution is -0.208. The molecule has 5 atom stereocenters. The summed E-state index contributed by atoms with van der Waals surface area (Å²) < 4.78 is 72.7. The number of ether oxygens (including phenoxy) is 1. The molecule has 1 fully saturated rings. The van der Waals surface area contributed by atoms with Gasteiger partial charge in [-0.1, -0.05) is 0 Å². The van der Waals surface area contributed by atoms with Crippen molar-refractivity contribution in [2.75, 3.05) is 6.61 Å². The second-order valence-corrected chi connectivity index (χ2v) is 8.09. The van der Waals surface area contributed by atoms with Crippen molar-refractivity contribution in [3.05, 3.63) is 41.3 Å². The molecular weight excluding hydrogens is 411 g/mol. The Labute approximate surface area is 169 Å². The summed E-state index contributed by atoms with van der Waals surface area (Å²) in [6.07, 6.45) is -3.74. The zero-order valence-corrected chi connectivity index (χ0v) is 16.0. The maximum Gasteiger partial charge on any atom is 0.416 e. The number of hydrogen-bond donors (Lipinski definition) is 2.